The fourth-order valence-electron chi connectivity index (χ4n) is 3.28. The topological polar surface area (TPSA) is 86.6 Å². The summed E-state index contributed by atoms with van der Waals surface area (Å²) in [6.45, 7) is 3.93. The van der Waals surface area contributed by atoms with Gasteiger partial charge in [-0.05, 0) is 59.9 Å². The van der Waals surface area contributed by atoms with Crippen LogP contribution in [-0.2, 0) is 6.42 Å². The Labute approximate surface area is 165 Å². The van der Waals surface area contributed by atoms with Crippen molar-refractivity contribution in [3.63, 3.8) is 0 Å². The molecule has 0 radical (unpaired) electrons. The first kappa shape index (κ1) is 19.1. The standard InChI is InChI=1S/C24H22N4/c1-3-18-14-21(8-9-22(18)19-6-4-17(15-25)5-7-19)23(16(2)26)24(27)20-10-12-28-13-11-20/h4-14,27H,3,26H2,1-2H3/b23-16-,27-24?. The molecule has 28 heavy (non-hydrogen) atoms. The summed E-state index contributed by atoms with van der Waals surface area (Å²) >= 11 is 0. The molecular formula is C24H22N4. The van der Waals surface area contributed by atoms with Crippen molar-refractivity contribution in [2.75, 3.05) is 0 Å². The lowest BCUT2D eigenvalue weighted by Crippen LogP contribution is -2.09. The number of aryl methyl sites for hydroxylation is 1. The third-order valence-electron chi connectivity index (χ3n) is 4.71. The second-order valence-electron chi connectivity index (χ2n) is 6.58. The maximum absolute atomic E-state index is 9.00. The third kappa shape index (κ3) is 3.84. The second kappa shape index (κ2) is 8.32. The van der Waals surface area contributed by atoms with E-state index in [1.165, 1.54) is 5.56 Å². The van der Waals surface area contributed by atoms with E-state index in [1.54, 1.807) is 12.4 Å². The normalized spacial score (nSPS) is 11.5. The van der Waals surface area contributed by atoms with Crippen molar-refractivity contribution in [2.24, 2.45) is 5.73 Å². The molecule has 3 N–H and O–H groups in total. The van der Waals surface area contributed by atoms with Gasteiger partial charge in [-0.1, -0.05) is 37.3 Å². The van der Waals surface area contributed by atoms with E-state index >= 15 is 0 Å². The molecule has 1 aromatic heterocycles. The van der Waals surface area contributed by atoms with Crippen molar-refractivity contribution in [3.8, 4) is 17.2 Å². The molecular weight excluding hydrogens is 344 g/mol. The van der Waals surface area contributed by atoms with E-state index in [-0.39, 0.29) is 0 Å². The Kier molecular flexibility index (Phi) is 5.67. The number of rotatable bonds is 5. The highest BCUT2D eigenvalue weighted by atomic mass is 14.6. The molecule has 0 atom stereocenters. The summed E-state index contributed by atoms with van der Waals surface area (Å²) in [6, 6.07) is 19.6. The molecule has 0 bridgehead atoms. The molecule has 0 amide bonds. The summed E-state index contributed by atoms with van der Waals surface area (Å²) < 4.78 is 0. The van der Waals surface area contributed by atoms with E-state index in [9.17, 15) is 0 Å². The highest BCUT2D eigenvalue weighted by Crippen LogP contribution is 2.30. The van der Waals surface area contributed by atoms with E-state index in [2.05, 4.69) is 30.1 Å². The lowest BCUT2D eigenvalue weighted by molar-refractivity contribution is 1.14. The van der Waals surface area contributed by atoms with Crippen molar-refractivity contribution >= 4 is 11.3 Å². The number of allylic oxidation sites excluding steroid dienone is 2. The maximum Gasteiger partial charge on any atom is 0.0991 e. The van der Waals surface area contributed by atoms with Crippen LogP contribution in [0.25, 0.3) is 16.7 Å². The second-order valence-corrected chi connectivity index (χ2v) is 6.58. The first-order valence-electron chi connectivity index (χ1n) is 9.14. The number of pyridine rings is 1. The third-order valence-corrected chi connectivity index (χ3v) is 4.71. The molecule has 4 heteroatoms. The Hall–Kier alpha value is -3.71. The zero-order chi connectivity index (χ0) is 20.1. The van der Waals surface area contributed by atoms with Crippen molar-refractivity contribution in [2.45, 2.75) is 20.3 Å². The zero-order valence-electron chi connectivity index (χ0n) is 16.0. The van der Waals surface area contributed by atoms with Crippen LogP contribution < -0.4 is 5.73 Å². The average Bonchev–Trinajstić information content (AvgIpc) is 2.74. The lowest BCUT2D eigenvalue weighted by Gasteiger charge is -2.16. The van der Waals surface area contributed by atoms with Crippen LogP contribution in [0, 0.1) is 16.7 Å². The number of nitrogens with one attached hydrogen (secondary N) is 1. The fourth-order valence-corrected chi connectivity index (χ4v) is 3.28. The molecule has 0 saturated carbocycles. The first-order chi connectivity index (χ1) is 13.5. The van der Waals surface area contributed by atoms with Crippen LogP contribution in [0.5, 0.6) is 0 Å². The summed E-state index contributed by atoms with van der Waals surface area (Å²) in [7, 11) is 0. The number of hydrogen-bond acceptors (Lipinski definition) is 4. The summed E-state index contributed by atoms with van der Waals surface area (Å²) in [5, 5.41) is 17.7. The van der Waals surface area contributed by atoms with Gasteiger partial charge in [-0.3, -0.25) is 10.4 Å². The van der Waals surface area contributed by atoms with Crippen LogP contribution in [-0.4, -0.2) is 10.7 Å². The smallest absolute Gasteiger partial charge is 0.0991 e. The van der Waals surface area contributed by atoms with Gasteiger partial charge in [-0.15, -0.1) is 0 Å². The molecule has 0 aliphatic heterocycles. The molecule has 3 aromatic rings. The van der Waals surface area contributed by atoms with Gasteiger partial charge in [0.1, 0.15) is 0 Å². The lowest BCUT2D eigenvalue weighted by atomic mass is 9.90. The molecule has 0 fully saturated rings. The van der Waals surface area contributed by atoms with Gasteiger partial charge in [0.25, 0.3) is 0 Å². The molecule has 0 aliphatic carbocycles. The molecule has 0 unspecified atom stereocenters. The molecule has 3 rings (SSSR count). The Morgan fingerprint density at radius 2 is 1.71 bits per heavy atom. The Morgan fingerprint density at radius 1 is 1.04 bits per heavy atom. The van der Waals surface area contributed by atoms with Crippen LogP contribution in [0.15, 0.2) is 72.7 Å². The van der Waals surface area contributed by atoms with E-state index in [0.29, 0.717) is 17.0 Å². The van der Waals surface area contributed by atoms with E-state index in [0.717, 1.165) is 34.2 Å². The summed E-state index contributed by atoms with van der Waals surface area (Å²) in [5.41, 5.74) is 13.6. The number of nitrogens with zero attached hydrogens (tertiary/aromatic N) is 2. The Bertz CT molecular complexity index is 1070. The van der Waals surface area contributed by atoms with Crippen LogP contribution in [0.3, 0.4) is 0 Å². The predicted molar refractivity (Wildman–Crippen MR) is 114 cm³/mol. The largest absolute Gasteiger partial charge is 0.402 e. The minimum Gasteiger partial charge on any atom is -0.402 e. The minimum absolute atomic E-state index is 0.385. The van der Waals surface area contributed by atoms with E-state index < -0.39 is 0 Å². The number of benzene rings is 2. The van der Waals surface area contributed by atoms with Gasteiger partial charge in [0.05, 0.1) is 17.3 Å². The van der Waals surface area contributed by atoms with Gasteiger partial charge in [0.15, 0.2) is 0 Å². The number of aromatic nitrogens is 1. The van der Waals surface area contributed by atoms with Crippen molar-refractivity contribution in [3.05, 3.63) is 94.9 Å². The van der Waals surface area contributed by atoms with Crippen LogP contribution >= 0.6 is 0 Å². The van der Waals surface area contributed by atoms with Crippen LogP contribution in [0.1, 0.15) is 36.1 Å². The Balaban J connectivity index is 2.05. The van der Waals surface area contributed by atoms with E-state index in [1.807, 2.05) is 49.4 Å². The molecule has 138 valence electrons. The molecule has 4 nitrogen and oxygen atoms in total. The molecule has 2 aromatic carbocycles. The summed E-state index contributed by atoms with van der Waals surface area (Å²) in [6.07, 6.45) is 4.21. The molecule has 0 saturated heterocycles. The zero-order valence-corrected chi connectivity index (χ0v) is 16.0. The monoisotopic (exact) mass is 366 g/mol. The highest BCUT2D eigenvalue weighted by molar-refractivity contribution is 6.30. The first-order valence-corrected chi connectivity index (χ1v) is 9.14. The molecule has 0 spiro atoms. The number of hydrogen-bond donors (Lipinski definition) is 2. The van der Waals surface area contributed by atoms with Crippen LogP contribution in [0.4, 0.5) is 0 Å². The van der Waals surface area contributed by atoms with E-state index in [4.69, 9.17) is 16.4 Å². The maximum atomic E-state index is 9.00. The van der Waals surface area contributed by atoms with Gasteiger partial charge in [-0.25, -0.2) is 0 Å². The van der Waals surface area contributed by atoms with Gasteiger partial charge in [-0.2, -0.15) is 5.26 Å². The van der Waals surface area contributed by atoms with Crippen molar-refractivity contribution in [1.82, 2.24) is 4.98 Å². The van der Waals surface area contributed by atoms with Gasteiger partial charge < -0.3 is 5.73 Å². The average molecular weight is 366 g/mol. The number of nitrogens with two attached hydrogens (primary N) is 1. The quantitative estimate of drug-likeness (QED) is 0.627. The molecule has 0 aliphatic rings. The van der Waals surface area contributed by atoms with Gasteiger partial charge in [0.2, 0.25) is 0 Å². The minimum atomic E-state index is 0.385. The van der Waals surface area contributed by atoms with Gasteiger partial charge in [0, 0.05) is 29.2 Å². The summed E-state index contributed by atoms with van der Waals surface area (Å²) in [5.74, 6) is 0. The van der Waals surface area contributed by atoms with Crippen LogP contribution in [0.2, 0.25) is 0 Å². The SMILES string of the molecule is CCc1cc(/C(C(=N)c2ccncc2)=C(\C)N)ccc1-c1ccc(C#N)cc1. The Morgan fingerprint density at radius 3 is 2.29 bits per heavy atom. The summed E-state index contributed by atoms with van der Waals surface area (Å²) in [4.78, 5) is 4.03. The fraction of sp³-hybridized carbons (Fsp3) is 0.125. The van der Waals surface area contributed by atoms with Crippen molar-refractivity contribution in [1.29, 1.82) is 10.7 Å². The highest BCUT2D eigenvalue weighted by Gasteiger charge is 2.15. The number of nitriles is 1. The van der Waals surface area contributed by atoms with Gasteiger partial charge >= 0.3 is 0 Å². The van der Waals surface area contributed by atoms with Crippen molar-refractivity contribution < 1.29 is 0 Å². The predicted octanol–water partition coefficient (Wildman–Crippen LogP) is 4.94. The molecule has 1 heterocycles.